The van der Waals surface area contributed by atoms with Crippen molar-refractivity contribution in [3.05, 3.63) is 29.6 Å². The number of nitrogens with zero attached hydrogens (tertiary/aromatic N) is 2. The van der Waals surface area contributed by atoms with E-state index in [4.69, 9.17) is 0 Å². The third kappa shape index (κ3) is 4.46. The molecule has 1 N–H and O–H groups in total. The van der Waals surface area contributed by atoms with Gasteiger partial charge in [0.1, 0.15) is 0 Å². The molecular formula is C15H21F2N3O. The van der Waals surface area contributed by atoms with Crippen LogP contribution in [0.3, 0.4) is 0 Å². The van der Waals surface area contributed by atoms with Gasteiger partial charge in [-0.25, -0.2) is 9.37 Å². The van der Waals surface area contributed by atoms with Crippen LogP contribution in [0, 0.1) is 17.7 Å². The Bertz CT molecular complexity index is 488. The number of amides is 1. The van der Waals surface area contributed by atoms with E-state index >= 15 is 0 Å². The van der Waals surface area contributed by atoms with E-state index in [0.717, 1.165) is 38.2 Å². The fourth-order valence-corrected chi connectivity index (χ4v) is 2.48. The van der Waals surface area contributed by atoms with Crippen LogP contribution in [-0.4, -0.2) is 42.0 Å². The van der Waals surface area contributed by atoms with E-state index in [0.29, 0.717) is 6.54 Å². The first kappa shape index (κ1) is 15.8. The van der Waals surface area contributed by atoms with Gasteiger partial charge in [-0.3, -0.25) is 4.79 Å². The van der Waals surface area contributed by atoms with E-state index in [-0.39, 0.29) is 5.56 Å². The maximum Gasteiger partial charge on any atom is 0.254 e. The minimum absolute atomic E-state index is 0.297. The van der Waals surface area contributed by atoms with Crippen molar-refractivity contribution >= 4 is 5.91 Å². The average Bonchev–Trinajstić information content (AvgIpc) is 2.48. The van der Waals surface area contributed by atoms with Gasteiger partial charge in [-0.2, -0.15) is 4.39 Å². The van der Waals surface area contributed by atoms with Gasteiger partial charge in [0.05, 0.1) is 5.56 Å². The number of aromatic nitrogens is 1. The maximum absolute atomic E-state index is 13.4. The number of hydrogen-bond acceptors (Lipinski definition) is 3. The van der Waals surface area contributed by atoms with Crippen molar-refractivity contribution in [2.45, 2.75) is 26.2 Å². The van der Waals surface area contributed by atoms with Crippen molar-refractivity contribution in [3.8, 4) is 0 Å². The summed E-state index contributed by atoms with van der Waals surface area (Å²) in [6, 6.07) is 1.18. The molecule has 1 saturated heterocycles. The molecular weight excluding hydrogens is 276 g/mol. The highest BCUT2D eigenvalue weighted by Crippen LogP contribution is 2.15. The molecule has 1 fully saturated rings. The van der Waals surface area contributed by atoms with E-state index in [1.807, 2.05) is 0 Å². The fourth-order valence-electron chi connectivity index (χ4n) is 2.48. The number of nitrogens with one attached hydrogen (secondary N) is 1. The molecule has 4 nitrogen and oxygen atoms in total. The van der Waals surface area contributed by atoms with Crippen LogP contribution in [0.2, 0.25) is 0 Å². The highest BCUT2D eigenvalue weighted by atomic mass is 19.2. The first-order valence-electron chi connectivity index (χ1n) is 7.38. The van der Waals surface area contributed by atoms with Crippen LogP contribution in [0.1, 0.15) is 36.5 Å². The topological polar surface area (TPSA) is 45.2 Å². The molecule has 0 aliphatic carbocycles. The second-order valence-corrected chi connectivity index (χ2v) is 5.60. The predicted octanol–water partition coefficient (Wildman–Crippen LogP) is 2.21. The van der Waals surface area contributed by atoms with Gasteiger partial charge in [0.25, 0.3) is 5.91 Å². The van der Waals surface area contributed by atoms with Crippen molar-refractivity contribution in [2.75, 3.05) is 26.2 Å². The smallest absolute Gasteiger partial charge is 0.254 e. The van der Waals surface area contributed by atoms with Crippen LogP contribution in [0.15, 0.2) is 12.3 Å². The molecule has 0 unspecified atom stereocenters. The predicted molar refractivity (Wildman–Crippen MR) is 75.9 cm³/mol. The molecule has 1 aromatic heterocycles. The molecule has 0 aromatic carbocycles. The van der Waals surface area contributed by atoms with Gasteiger partial charge in [-0.15, -0.1) is 0 Å². The Morgan fingerprint density at radius 1 is 1.43 bits per heavy atom. The molecule has 1 amide bonds. The van der Waals surface area contributed by atoms with Gasteiger partial charge in [-0.05, 0) is 50.9 Å². The average molecular weight is 297 g/mol. The molecule has 0 bridgehead atoms. The van der Waals surface area contributed by atoms with E-state index in [1.54, 1.807) is 0 Å². The summed E-state index contributed by atoms with van der Waals surface area (Å²) in [5, 5.41) is 2.62. The Hall–Kier alpha value is -1.56. The van der Waals surface area contributed by atoms with E-state index in [1.165, 1.54) is 18.9 Å². The normalized spacial score (nSPS) is 16.9. The zero-order valence-corrected chi connectivity index (χ0v) is 12.2. The monoisotopic (exact) mass is 297 g/mol. The van der Waals surface area contributed by atoms with Crippen LogP contribution in [0.4, 0.5) is 8.78 Å². The van der Waals surface area contributed by atoms with Crippen molar-refractivity contribution in [1.82, 2.24) is 15.2 Å². The lowest BCUT2D eigenvalue weighted by atomic mass is 9.99. The largest absolute Gasteiger partial charge is 0.352 e. The zero-order valence-electron chi connectivity index (χ0n) is 12.2. The van der Waals surface area contributed by atoms with Gasteiger partial charge < -0.3 is 10.2 Å². The number of pyridine rings is 1. The molecule has 2 rings (SSSR count). The fraction of sp³-hybridized carbons (Fsp3) is 0.600. The summed E-state index contributed by atoms with van der Waals surface area (Å²) >= 11 is 0. The third-order valence-electron chi connectivity index (χ3n) is 3.90. The second kappa shape index (κ2) is 7.45. The minimum atomic E-state index is -1.25. The van der Waals surface area contributed by atoms with Crippen LogP contribution in [0.25, 0.3) is 0 Å². The highest BCUT2D eigenvalue weighted by molar-refractivity contribution is 5.94. The standard InChI is InChI=1S/C15H21F2N3O/c1-11-4-9-20(10-5-11)8-2-6-19-15(21)12-3-7-18-14(17)13(12)16/h3,7,11H,2,4-6,8-10H2,1H3,(H,19,21). The van der Waals surface area contributed by atoms with Crippen LogP contribution in [0.5, 0.6) is 0 Å². The highest BCUT2D eigenvalue weighted by Gasteiger charge is 2.17. The van der Waals surface area contributed by atoms with E-state index in [9.17, 15) is 13.6 Å². The van der Waals surface area contributed by atoms with Gasteiger partial charge in [0, 0.05) is 12.7 Å². The molecule has 0 saturated carbocycles. The molecule has 0 spiro atoms. The van der Waals surface area contributed by atoms with Crippen molar-refractivity contribution in [3.63, 3.8) is 0 Å². The molecule has 1 aliphatic rings. The Kier molecular flexibility index (Phi) is 5.61. The first-order chi connectivity index (χ1) is 10.1. The molecule has 2 heterocycles. The maximum atomic E-state index is 13.4. The van der Waals surface area contributed by atoms with E-state index in [2.05, 4.69) is 22.1 Å². The summed E-state index contributed by atoms with van der Waals surface area (Å²) < 4.78 is 26.3. The van der Waals surface area contributed by atoms with Gasteiger partial charge >= 0.3 is 0 Å². The lowest BCUT2D eigenvalue weighted by Crippen LogP contribution is -2.35. The molecule has 0 atom stereocenters. The minimum Gasteiger partial charge on any atom is -0.352 e. The van der Waals surface area contributed by atoms with Gasteiger partial charge in [-0.1, -0.05) is 6.92 Å². The Morgan fingerprint density at radius 2 is 2.14 bits per heavy atom. The Balaban J connectivity index is 1.71. The quantitative estimate of drug-likeness (QED) is 0.669. The number of hydrogen-bond donors (Lipinski definition) is 1. The molecule has 1 aromatic rings. The lowest BCUT2D eigenvalue weighted by Gasteiger charge is -2.30. The molecule has 21 heavy (non-hydrogen) atoms. The Morgan fingerprint density at radius 3 is 2.86 bits per heavy atom. The number of rotatable bonds is 5. The van der Waals surface area contributed by atoms with Crippen LogP contribution >= 0.6 is 0 Å². The molecule has 116 valence electrons. The molecule has 6 heteroatoms. The number of halogens is 2. The summed E-state index contributed by atoms with van der Waals surface area (Å²) in [6.45, 7) is 5.83. The van der Waals surface area contributed by atoms with Crippen LogP contribution in [-0.2, 0) is 0 Å². The van der Waals surface area contributed by atoms with Crippen molar-refractivity contribution < 1.29 is 13.6 Å². The Labute approximate surface area is 123 Å². The molecule has 0 radical (unpaired) electrons. The zero-order chi connectivity index (χ0) is 15.2. The summed E-state index contributed by atoms with van der Waals surface area (Å²) in [5.41, 5.74) is -0.297. The SMILES string of the molecule is CC1CCN(CCCNC(=O)c2ccnc(F)c2F)CC1. The number of carbonyl (C=O) groups excluding carboxylic acids is 1. The summed E-state index contributed by atoms with van der Waals surface area (Å²) in [5.74, 6) is -2.24. The summed E-state index contributed by atoms with van der Waals surface area (Å²) in [4.78, 5) is 17.3. The van der Waals surface area contributed by atoms with Gasteiger partial charge in [0.2, 0.25) is 5.95 Å². The number of piperidine rings is 1. The van der Waals surface area contributed by atoms with E-state index < -0.39 is 17.7 Å². The lowest BCUT2D eigenvalue weighted by molar-refractivity contribution is 0.0945. The number of likely N-dealkylation sites (tertiary alicyclic amines) is 1. The number of carbonyl (C=O) groups is 1. The summed E-state index contributed by atoms with van der Waals surface area (Å²) in [7, 11) is 0. The summed E-state index contributed by atoms with van der Waals surface area (Å²) in [6.07, 6.45) is 4.32. The first-order valence-corrected chi connectivity index (χ1v) is 7.38. The third-order valence-corrected chi connectivity index (χ3v) is 3.90. The van der Waals surface area contributed by atoms with Crippen molar-refractivity contribution in [1.29, 1.82) is 0 Å². The van der Waals surface area contributed by atoms with Crippen molar-refractivity contribution in [2.24, 2.45) is 5.92 Å². The van der Waals surface area contributed by atoms with Crippen LogP contribution < -0.4 is 5.32 Å². The van der Waals surface area contributed by atoms with Gasteiger partial charge in [0.15, 0.2) is 5.82 Å². The second-order valence-electron chi connectivity index (χ2n) is 5.60. The molecule has 1 aliphatic heterocycles.